The van der Waals surface area contributed by atoms with Crippen LogP contribution in [-0.4, -0.2) is 23.1 Å². The maximum atomic E-state index is 13.3. The van der Waals surface area contributed by atoms with Gasteiger partial charge in [-0.25, -0.2) is 9.37 Å². The largest absolute Gasteiger partial charge is 0.505 e. The van der Waals surface area contributed by atoms with Crippen LogP contribution in [0.4, 0.5) is 4.39 Å². The van der Waals surface area contributed by atoms with Crippen molar-refractivity contribution in [3.05, 3.63) is 40.2 Å². The summed E-state index contributed by atoms with van der Waals surface area (Å²) in [6.07, 6.45) is 0. The van der Waals surface area contributed by atoms with Gasteiger partial charge in [0.1, 0.15) is 4.88 Å². The molecule has 7 heteroatoms. The van der Waals surface area contributed by atoms with Gasteiger partial charge < -0.3 is 15.2 Å². The maximum Gasteiger partial charge on any atom is 0.273 e. The first-order valence-electron chi connectivity index (χ1n) is 6.23. The number of thiazole rings is 1. The number of hydrogen-bond donors (Lipinski definition) is 2. The topological polar surface area (TPSA) is 71.5 Å². The number of aromatic nitrogens is 1. The van der Waals surface area contributed by atoms with Gasteiger partial charge in [-0.3, -0.25) is 4.79 Å². The van der Waals surface area contributed by atoms with Gasteiger partial charge in [0.15, 0.2) is 11.6 Å². The minimum absolute atomic E-state index is 0.297. The van der Waals surface area contributed by atoms with Crippen LogP contribution in [0.5, 0.6) is 10.9 Å². The predicted molar refractivity (Wildman–Crippen MR) is 77.3 cm³/mol. The van der Waals surface area contributed by atoms with Gasteiger partial charge in [-0.1, -0.05) is 17.4 Å². The second-order valence-corrected chi connectivity index (χ2v) is 5.47. The lowest BCUT2D eigenvalue weighted by Crippen LogP contribution is -2.26. The highest BCUT2D eigenvalue weighted by Crippen LogP contribution is 2.25. The van der Waals surface area contributed by atoms with Crippen LogP contribution in [0.25, 0.3) is 0 Å². The fraction of sp³-hybridized carbons (Fsp3) is 0.286. The molecule has 0 spiro atoms. The first-order valence-corrected chi connectivity index (χ1v) is 7.04. The van der Waals surface area contributed by atoms with Crippen LogP contribution in [0.2, 0.25) is 0 Å². The van der Waals surface area contributed by atoms with Gasteiger partial charge in [0.05, 0.1) is 18.8 Å². The van der Waals surface area contributed by atoms with Gasteiger partial charge >= 0.3 is 0 Å². The smallest absolute Gasteiger partial charge is 0.273 e. The minimum Gasteiger partial charge on any atom is -0.505 e. The number of methoxy groups -OCH3 is 1. The van der Waals surface area contributed by atoms with E-state index >= 15 is 0 Å². The number of ether oxygens (including phenoxy) is 1. The lowest BCUT2D eigenvalue weighted by Gasteiger charge is -2.14. The maximum absolute atomic E-state index is 13.3. The van der Waals surface area contributed by atoms with Crippen molar-refractivity contribution >= 4 is 17.2 Å². The molecule has 0 radical (unpaired) electrons. The Bertz CT molecular complexity index is 672. The Morgan fingerprint density at radius 3 is 2.81 bits per heavy atom. The molecule has 112 valence electrons. The molecule has 0 aliphatic carbocycles. The summed E-state index contributed by atoms with van der Waals surface area (Å²) in [6, 6.07) is 3.61. The van der Waals surface area contributed by atoms with E-state index in [2.05, 4.69) is 10.3 Å². The first-order chi connectivity index (χ1) is 9.92. The van der Waals surface area contributed by atoms with E-state index in [-0.39, 0.29) is 5.91 Å². The quantitative estimate of drug-likeness (QED) is 0.911. The fourth-order valence-electron chi connectivity index (χ4n) is 1.81. The normalized spacial score (nSPS) is 12.0. The molecule has 1 unspecified atom stereocenters. The molecular weight excluding hydrogens is 295 g/mol. The molecule has 2 N–H and O–H groups in total. The number of rotatable bonds is 4. The van der Waals surface area contributed by atoms with Gasteiger partial charge in [0.25, 0.3) is 11.1 Å². The van der Waals surface area contributed by atoms with Gasteiger partial charge in [-0.15, -0.1) is 0 Å². The standard InChI is InChI=1S/C14H15FN2O3S/c1-7(9-4-5-11(18)10(15)6-9)16-13(19)12-8(2)17-14(20-3)21-12/h4-7,18H,1-3H3,(H,16,19). The molecule has 1 aromatic carbocycles. The van der Waals surface area contributed by atoms with E-state index in [1.165, 1.54) is 19.2 Å². The van der Waals surface area contributed by atoms with Gasteiger partial charge in [0.2, 0.25) is 0 Å². The van der Waals surface area contributed by atoms with Crippen molar-refractivity contribution < 1.29 is 19.0 Å². The van der Waals surface area contributed by atoms with E-state index in [0.717, 1.165) is 11.3 Å². The number of nitrogens with one attached hydrogen (secondary N) is 1. The van der Waals surface area contributed by atoms with Crippen LogP contribution in [0.3, 0.4) is 0 Å². The van der Waals surface area contributed by atoms with Gasteiger partial charge in [0, 0.05) is 0 Å². The molecule has 1 atom stereocenters. The SMILES string of the molecule is COc1nc(C)c(C(=O)NC(C)c2ccc(O)c(F)c2)s1. The molecule has 2 aromatic rings. The van der Waals surface area contributed by atoms with E-state index < -0.39 is 17.6 Å². The number of benzene rings is 1. The molecule has 0 bridgehead atoms. The molecule has 0 saturated carbocycles. The van der Waals surface area contributed by atoms with Crippen molar-refractivity contribution in [2.45, 2.75) is 19.9 Å². The minimum atomic E-state index is -0.718. The third kappa shape index (κ3) is 3.30. The number of hydrogen-bond acceptors (Lipinski definition) is 5. The lowest BCUT2D eigenvalue weighted by molar-refractivity contribution is 0.0943. The second-order valence-electron chi connectivity index (χ2n) is 4.50. The molecule has 1 heterocycles. The number of aryl methyl sites for hydroxylation is 1. The van der Waals surface area contributed by atoms with E-state index in [4.69, 9.17) is 9.84 Å². The van der Waals surface area contributed by atoms with Crippen LogP contribution in [0, 0.1) is 12.7 Å². The number of nitrogens with zero attached hydrogens (tertiary/aromatic N) is 1. The summed E-state index contributed by atoms with van der Waals surface area (Å²) in [5, 5.41) is 12.4. The van der Waals surface area contributed by atoms with Gasteiger partial charge in [-0.2, -0.15) is 0 Å². The monoisotopic (exact) mass is 310 g/mol. The highest BCUT2D eigenvalue weighted by Gasteiger charge is 2.18. The van der Waals surface area contributed by atoms with Crippen LogP contribution in [0.15, 0.2) is 18.2 Å². The van der Waals surface area contributed by atoms with Crippen LogP contribution >= 0.6 is 11.3 Å². The first kappa shape index (κ1) is 15.2. The third-order valence-electron chi connectivity index (χ3n) is 2.98. The highest BCUT2D eigenvalue weighted by atomic mass is 32.1. The average molecular weight is 310 g/mol. The third-order valence-corrected chi connectivity index (χ3v) is 4.09. The van der Waals surface area contributed by atoms with Crippen molar-refractivity contribution in [1.82, 2.24) is 10.3 Å². The Morgan fingerprint density at radius 1 is 1.52 bits per heavy atom. The van der Waals surface area contributed by atoms with Gasteiger partial charge in [-0.05, 0) is 31.5 Å². The molecular formula is C14H15FN2O3S. The van der Waals surface area contributed by atoms with E-state index in [1.54, 1.807) is 19.9 Å². The number of aromatic hydroxyl groups is 1. The van der Waals surface area contributed by atoms with Crippen LogP contribution in [0.1, 0.15) is 33.9 Å². The molecule has 1 amide bonds. The Hall–Kier alpha value is -2.15. The Labute approximate surface area is 125 Å². The average Bonchev–Trinajstić information content (AvgIpc) is 2.83. The fourth-order valence-corrected chi connectivity index (χ4v) is 2.59. The van der Waals surface area contributed by atoms with Crippen molar-refractivity contribution in [2.24, 2.45) is 0 Å². The zero-order chi connectivity index (χ0) is 15.6. The highest BCUT2D eigenvalue weighted by molar-refractivity contribution is 7.15. The zero-order valence-electron chi connectivity index (χ0n) is 11.8. The second kappa shape index (κ2) is 6.09. The number of phenolic OH excluding ortho intramolecular Hbond substituents is 1. The Kier molecular flexibility index (Phi) is 4.42. The molecule has 21 heavy (non-hydrogen) atoms. The lowest BCUT2D eigenvalue weighted by atomic mass is 10.1. The summed E-state index contributed by atoms with van der Waals surface area (Å²) >= 11 is 1.15. The van der Waals surface area contributed by atoms with Crippen molar-refractivity contribution in [3.8, 4) is 10.9 Å². The Balaban J connectivity index is 2.14. The van der Waals surface area contributed by atoms with Crippen molar-refractivity contribution in [3.63, 3.8) is 0 Å². The zero-order valence-corrected chi connectivity index (χ0v) is 12.6. The van der Waals surface area contributed by atoms with E-state index in [9.17, 15) is 9.18 Å². The molecule has 0 aliphatic heterocycles. The molecule has 2 rings (SSSR count). The Morgan fingerprint density at radius 2 is 2.24 bits per heavy atom. The summed E-state index contributed by atoms with van der Waals surface area (Å²) in [4.78, 5) is 16.7. The molecule has 5 nitrogen and oxygen atoms in total. The van der Waals surface area contributed by atoms with E-state index in [0.29, 0.717) is 21.3 Å². The summed E-state index contributed by atoms with van der Waals surface area (Å²) < 4.78 is 18.3. The number of amides is 1. The van der Waals surface area contributed by atoms with Crippen molar-refractivity contribution in [2.75, 3.05) is 7.11 Å². The van der Waals surface area contributed by atoms with E-state index in [1.807, 2.05) is 0 Å². The number of carbonyl (C=O) groups excluding carboxylic acids is 1. The summed E-state index contributed by atoms with van der Waals surface area (Å²) in [5.41, 5.74) is 1.14. The summed E-state index contributed by atoms with van der Waals surface area (Å²) in [5.74, 6) is -1.43. The number of phenols is 1. The summed E-state index contributed by atoms with van der Waals surface area (Å²) in [6.45, 7) is 3.45. The summed E-state index contributed by atoms with van der Waals surface area (Å²) in [7, 11) is 1.49. The predicted octanol–water partition coefficient (Wildman–Crippen LogP) is 2.80. The molecule has 0 aliphatic rings. The van der Waals surface area contributed by atoms with Crippen LogP contribution in [-0.2, 0) is 0 Å². The molecule has 0 fully saturated rings. The number of halogens is 1. The van der Waals surface area contributed by atoms with Crippen molar-refractivity contribution in [1.29, 1.82) is 0 Å². The van der Waals surface area contributed by atoms with Crippen LogP contribution < -0.4 is 10.1 Å². The number of carbonyl (C=O) groups is 1. The molecule has 0 saturated heterocycles. The molecule has 1 aromatic heterocycles.